The van der Waals surface area contributed by atoms with E-state index in [0.717, 1.165) is 13.2 Å². The number of hydrogen-bond acceptors (Lipinski definition) is 1. The van der Waals surface area contributed by atoms with Gasteiger partial charge in [-0.05, 0) is 60.2 Å². The maximum absolute atomic E-state index is 6.05. The normalized spacial score (nSPS) is 14.2. The molecular weight excluding hydrogens is 304 g/mol. The van der Waals surface area contributed by atoms with Gasteiger partial charge in [-0.25, -0.2) is 0 Å². The zero-order valence-corrected chi connectivity index (χ0v) is 19.5. The lowest BCUT2D eigenvalue weighted by molar-refractivity contribution is 0.0571. The molecule has 0 aliphatic rings. The van der Waals surface area contributed by atoms with Crippen molar-refractivity contribution in [3.8, 4) is 0 Å². The summed E-state index contributed by atoms with van der Waals surface area (Å²) < 4.78 is 6.05. The van der Waals surface area contributed by atoms with Crippen LogP contribution in [0.2, 0.25) is 0 Å². The van der Waals surface area contributed by atoms with Gasteiger partial charge in [-0.15, -0.1) is 0 Å². The molecule has 0 aliphatic carbocycles. The van der Waals surface area contributed by atoms with Gasteiger partial charge in [-0.3, -0.25) is 0 Å². The van der Waals surface area contributed by atoms with Gasteiger partial charge in [0.2, 0.25) is 0 Å². The molecule has 152 valence electrons. The molecule has 25 heavy (non-hydrogen) atoms. The number of rotatable bonds is 14. The Morgan fingerprint density at radius 2 is 0.760 bits per heavy atom. The third-order valence-corrected chi connectivity index (χ3v) is 5.61. The Balaban J connectivity index is 4.15. The van der Waals surface area contributed by atoms with E-state index in [4.69, 9.17) is 4.74 Å². The van der Waals surface area contributed by atoms with Crippen LogP contribution in [0.5, 0.6) is 0 Å². The van der Waals surface area contributed by atoms with Crippen LogP contribution in [0.1, 0.15) is 121 Å². The molecule has 0 aliphatic heterocycles. The lowest BCUT2D eigenvalue weighted by atomic mass is 9.71. The first-order chi connectivity index (χ1) is 11.2. The maximum Gasteiger partial charge on any atom is 0.0471 e. The standard InChI is InChI=1S/C24H50O/c1-11-13-21(3,4)19-23(7,8)15-17-25-18-16-24(9,10)20-22(5,6)14-12-2/h11-20H2,1-10H3. The molecule has 0 unspecified atom stereocenters. The van der Waals surface area contributed by atoms with Gasteiger partial charge in [0.05, 0.1) is 0 Å². The minimum Gasteiger partial charge on any atom is -0.381 e. The van der Waals surface area contributed by atoms with Crippen molar-refractivity contribution in [1.29, 1.82) is 0 Å². The predicted octanol–water partition coefficient (Wildman–Crippen LogP) is 8.27. The Kier molecular flexibility index (Phi) is 10.3. The molecular formula is C24H50O. The zero-order chi connectivity index (χ0) is 19.8. The Labute approximate surface area is 160 Å². The van der Waals surface area contributed by atoms with Crippen LogP contribution in [-0.2, 0) is 4.74 Å². The van der Waals surface area contributed by atoms with Gasteiger partial charge in [0, 0.05) is 13.2 Å². The van der Waals surface area contributed by atoms with Crippen molar-refractivity contribution in [3.05, 3.63) is 0 Å². The molecule has 0 aromatic rings. The second-order valence-electron chi connectivity index (χ2n) is 11.6. The van der Waals surface area contributed by atoms with Crippen LogP contribution in [0.15, 0.2) is 0 Å². The number of hydrogen-bond donors (Lipinski definition) is 0. The van der Waals surface area contributed by atoms with E-state index in [1.807, 2.05) is 0 Å². The van der Waals surface area contributed by atoms with Gasteiger partial charge in [0.1, 0.15) is 0 Å². The first-order valence-corrected chi connectivity index (χ1v) is 10.8. The Morgan fingerprint density at radius 3 is 1.04 bits per heavy atom. The van der Waals surface area contributed by atoms with E-state index in [2.05, 4.69) is 69.2 Å². The molecule has 0 saturated carbocycles. The third-order valence-electron chi connectivity index (χ3n) is 5.61. The Bertz CT molecular complexity index is 315. The molecule has 0 amide bonds. The van der Waals surface area contributed by atoms with E-state index in [1.54, 1.807) is 0 Å². The van der Waals surface area contributed by atoms with Crippen LogP contribution in [0.25, 0.3) is 0 Å². The summed E-state index contributed by atoms with van der Waals surface area (Å²) in [6, 6.07) is 0. The first kappa shape index (κ1) is 25.0. The highest BCUT2D eigenvalue weighted by Gasteiger charge is 2.29. The van der Waals surface area contributed by atoms with Gasteiger partial charge in [0.15, 0.2) is 0 Å². The minimum atomic E-state index is 0.372. The quantitative estimate of drug-likeness (QED) is 0.285. The topological polar surface area (TPSA) is 9.23 Å². The summed E-state index contributed by atoms with van der Waals surface area (Å²) in [5.74, 6) is 0. The van der Waals surface area contributed by atoms with Crippen LogP contribution in [0, 0.1) is 21.7 Å². The monoisotopic (exact) mass is 354 g/mol. The van der Waals surface area contributed by atoms with Crippen LogP contribution in [0.4, 0.5) is 0 Å². The van der Waals surface area contributed by atoms with Crippen molar-refractivity contribution < 1.29 is 4.74 Å². The second-order valence-corrected chi connectivity index (χ2v) is 11.6. The lowest BCUT2D eigenvalue weighted by Crippen LogP contribution is -2.26. The number of ether oxygens (including phenoxy) is 1. The summed E-state index contributed by atoms with van der Waals surface area (Å²) in [6.07, 6.45) is 10.1. The van der Waals surface area contributed by atoms with E-state index in [0.29, 0.717) is 21.7 Å². The highest BCUT2D eigenvalue weighted by molar-refractivity contribution is 4.80. The molecule has 0 bridgehead atoms. The van der Waals surface area contributed by atoms with E-state index in [-0.39, 0.29) is 0 Å². The molecule has 0 heterocycles. The highest BCUT2D eigenvalue weighted by Crippen LogP contribution is 2.40. The molecule has 0 atom stereocenters. The fraction of sp³-hybridized carbons (Fsp3) is 1.00. The Morgan fingerprint density at radius 1 is 0.480 bits per heavy atom. The fourth-order valence-corrected chi connectivity index (χ4v) is 5.10. The molecule has 0 aromatic carbocycles. The van der Waals surface area contributed by atoms with Gasteiger partial charge < -0.3 is 4.74 Å². The molecule has 0 radical (unpaired) electrons. The van der Waals surface area contributed by atoms with E-state index in [9.17, 15) is 0 Å². The van der Waals surface area contributed by atoms with Crippen LogP contribution in [-0.4, -0.2) is 13.2 Å². The van der Waals surface area contributed by atoms with Gasteiger partial charge >= 0.3 is 0 Å². The third kappa shape index (κ3) is 12.9. The minimum absolute atomic E-state index is 0.372. The largest absolute Gasteiger partial charge is 0.381 e. The van der Waals surface area contributed by atoms with Crippen molar-refractivity contribution >= 4 is 0 Å². The average molecular weight is 355 g/mol. The van der Waals surface area contributed by atoms with Gasteiger partial charge in [0.25, 0.3) is 0 Å². The van der Waals surface area contributed by atoms with Crippen molar-refractivity contribution in [1.82, 2.24) is 0 Å². The van der Waals surface area contributed by atoms with Crippen molar-refractivity contribution in [2.45, 2.75) is 121 Å². The zero-order valence-electron chi connectivity index (χ0n) is 19.5. The average Bonchev–Trinajstić information content (AvgIpc) is 2.34. The van der Waals surface area contributed by atoms with Crippen molar-refractivity contribution in [2.24, 2.45) is 21.7 Å². The molecule has 0 spiro atoms. The highest BCUT2D eigenvalue weighted by atomic mass is 16.5. The molecule has 0 N–H and O–H groups in total. The first-order valence-electron chi connectivity index (χ1n) is 10.8. The summed E-state index contributed by atoms with van der Waals surface area (Å²) in [5.41, 5.74) is 1.64. The van der Waals surface area contributed by atoms with Gasteiger partial charge in [-0.1, -0.05) is 82.1 Å². The van der Waals surface area contributed by atoms with Crippen LogP contribution < -0.4 is 0 Å². The van der Waals surface area contributed by atoms with E-state index in [1.165, 1.54) is 51.4 Å². The SMILES string of the molecule is CCCC(C)(C)CC(C)(C)CCOCCC(C)(C)CC(C)(C)CCC. The summed E-state index contributed by atoms with van der Waals surface area (Å²) in [4.78, 5) is 0. The lowest BCUT2D eigenvalue weighted by Gasteiger charge is -2.36. The van der Waals surface area contributed by atoms with E-state index >= 15 is 0 Å². The molecule has 0 aromatic heterocycles. The summed E-state index contributed by atoms with van der Waals surface area (Å²) >= 11 is 0. The molecule has 0 fully saturated rings. The van der Waals surface area contributed by atoms with Crippen LogP contribution >= 0.6 is 0 Å². The maximum atomic E-state index is 6.05. The smallest absolute Gasteiger partial charge is 0.0471 e. The van der Waals surface area contributed by atoms with Crippen molar-refractivity contribution in [2.75, 3.05) is 13.2 Å². The summed E-state index contributed by atoms with van der Waals surface area (Å²) in [6.45, 7) is 25.7. The molecule has 1 heteroatoms. The second kappa shape index (κ2) is 10.3. The van der Waals surface area contributed by atoms with Crippen LogP contribution in [0.3, 0.4) is 0 Å². The summed E-state index contributed by atoms with van der Waals surface area (Å²) in [5, 5.41) is 0. The summed E-state index contributed by atoms with van der Waals surface area (Å²) in [7, 11) is 0. The fourth-order valence-electron chi connectivity index (χ4n) is 5.10. The molecule has 0 saturated heterocycles. The van der Waals surface area contributed by atoms with Gasteiger partial charge in [-0.2, -0.15) is 0 Å². The Hall–Kier alpha value is -0.0400. The van der Waals surface area contributed by atoms with Crippen molar-refractivity contribution in [3.63, 3.8) is 0 Å². The van der Waals surface area contributed by atoms with E-state index < -0.39 is 0 Å². The predicted molar refractivity (Wildman–Crippen MR) is 114 cm³/mol. The molecule has 1 nitrogen and oxygen atoms in total. The molecule has 0 rings (SSSR count).